The molecule has 1 fully saturated rings. The molecule has 1 aliphatic rings. The fourth-order valence-corrected chi connectivity index (χ4v) is 3.18. The fourth-order valence-electron chi connectivity index (χ4n) is 3.18. The summed E-state index contributed by atoms with van der Waals surface area (Å²) in [6.45, 7) is 6.74. The summed E-state index contributed by atoms with van der Waals surface area (Å²) in [7, 11) is 0. The molecule has 0 saturated carbocycles. The molecule has 2 atom stereocenters. The number of hydrogen-bond acceptors (Lipinski definition) is 3. The Labute approximate surface area is 151 Å². The Kier molecular flexibility index (Phi) is 6.21. The van der Waals surface area contributed by atoms with Gasteiger partial charge in [0.2, 0.25) is 0 Å². The summed E-state index contributed by atoms with van der Waals surface area (Å²) in [4.78, 5) is 12.6. The topological polar surface area (TPSA) is 49.8 Å². The number of carbonyl (C=O) groups is 1. The van der Waals surface area contributed by atoms with Crippen LogP contribution in [-0.4, -0.2) is 48.4 Å². The number of carboxylic acids is 1. The molecule has 0 spiro atoms. The highest BCUT2D eigenvalue weighted by molar-refractivity contribution is 5.71. The van der Waals surface area contributed by atoms with E-state index in [-0.39, 0.29) is 18.5 Å². The first-order chi connectivity index (χ1) is 12.0. The van der Waals surface area contributed by atoms with Crippen LogP contribution in [0.25, 0.3) is 0 Å². The first kappa shape index (κ1) is 20.6. The predicted octanol–water partition coefficient (Wildman–Crippen LogP) is 3.95. The number of alkyl halides is 3. The number of likely N-dealkylation sites (tertiary alicyclic amines) is 1. The first-order valence-electron chi connectivity index (χ1n) is 8.73. The molecule has 4 nitrogen and oxygen atoms in total. The number of benzene rings is 1. The van der Waals surface area contributed by atoms with Gasteiger partial charge >= 0.3 is 12.1 Å². The molecule has 0 amide bonds. The minimum atomic E-state index is -4.48. The van der Waals surface area contributed by atoms with Crippen molar-refractivity contribution in [2.45, 2.75) is 38.8 Å². The summed E-state index contributed by atoms with van der Waals surface area (Å²) in [5.74, 6) is -3.84. The van der Waals surface area contributed by atoms with Crippen molar-refractivity contribution in [3.05, 3.63) is 29.8 Å². The SMILES string of the molecule is CC(C)(C)c1cccc(OCCCN2C[C@@H](C(F)(F)F)[C@H](C(=O)O)C2)c1. The van der Waals surface area contributed by atoms with E-state index < -0.39 is 24.0 Å². The van der Waals surface area contributed by atoms with Crippen molar-refractivity contribution in [3.8, 4) is 5.75 Å². The maximum atomic E-state index is 13.0. The number of carboxylic acid groups (broad SMARTS) is 1. The van der Waals surface area contributed by atoms with Gasteiger partial charge in [-0.15, -0.1) is 0 Å². The van der Waals surface area contributed by atoms with Crippen molar-refractivity contribution in [2.75, 3.05) is 26.2 Å². The van der Waals surface area contributed by atoms with Gasteiger partial charge in [0.15, 0.2) is 0 Å². The molecule has 146 valence electrons. The van der Waals surface area contributed by atoms with Crippen molar-refractivity contribution in [2.24, 2.45) is 11.8 Å². The summed E-state index contributed by atoms with van der Waals surface area (Å²) in [5.41, 5.74) is 1.15. The Morgan fingerprint density at radius 3 is 2.50 bits per heavy atom. The molecule has 0 bridgehead atoms. The quantitative estimate of drug-likeness (QED) is 0.767. The molecule has 2 rings (SSSR count). The summed E-state index contributed by atoms with van der Waals surface area (Å²) >= 11 is 0. The van der Waals surface area contributed by atoms with E-state index in [2.05, 4.69) is 20.8 Å². The Morgan fingerprint density at radius 2 is 1.96 bits per heavy atom. The predicted molar refractivity (Wildman–Crippen MR) is 92.4 cm³/mol. The normalized spacial score (nSPS) is 21.8. The monoisotopic (exact) mass is 373 g/mol. The van der Waals surface area contributed by atoms with Crippen LogP contribution in [0.5, 0.6) is 5.75 Å². The molecule has 0 radical (unpaired) electrons. The highest BCUT2D eigenvalue weighted by atomic mass is 19.4. The molecule has 1 N–H and O–H groups in total. The Morgan fingerprint density at radius 1 is 1.27 bits per heavy atom. The van der Waals surface area contributed by atoms with Crippen LogP contribution in [0.4, 0.5) is 13.2 Å². The second-order valence-corrected chi connectivity index (χ2v) is 7.83. The zero-order chi connectivity index (χ0) is 19.5. The van der Waals surface area contributed by atoms with Crippen LogP contribution in [0.3, 0.4) is 0 Å². The molecule has 1 aliphatic heterocycles. The molecule has 1 saturated heterocycles. The van der Waals surface area contributed by atoms with Crippen LogP contribution in [-0.2, 0) is 10.2 Å². The van der Waals surface area contributed by atoms with Crippen molar-refractivity contribution in [3.63, 3.8) is 0 Å². The van der Waals surface area contributed by atoms with Crippen molar-refractivity contribution in [1.29, 1.82) is 0 Å². The lowest BCUT2D eigenvalue weighted by Gasteiger charge is -2.20. The minimum Gasteiger partial charge on any atom is -0.494 e. The van der Waals surface area contributed by atoms with Gasteiger partial charge in [0, 0.05) is 19.6 Å². The number of rotatable bonds is 6. The third kappa shape index (κ3) is 5.37. The number of nitrogens with zero attached hydrogens (tertiary/aromatic N) is 1. The fraction of sp³-hybridized carbons (Fsp3) is 0.632. The first-order valence-corrected chi connectivity index (χ1v) is 8.73. The van der Waals surface area contributed by atoms with Crippen LogP contribution >= 0.6 is 0 Å². The van der Waals surface area contributed by atoms with E-state index in [0.717, 1.165) is 11.3 Å². The van der Waals surface area contributed by atoms with E-state index in [1.54, 1.807) is 4.90 Å². The number of halogens is 3. The number of ether oxygens (including phenoxy) is 1. The van der Waals surface area contributed by atoms with Gasteiger partial charge in [-0.3, -0.25) is 4.79 Å². The van der Waals surface area contributed by atoms with Crippen LogP contribution in [0, 0.1) is 11.8 Å². The van der Waals surface area contributed by atoms with Gasteiger partial charge in [0.05, 0.1) is 18.4 Å². The van der Waals surface area contributed by atoms with Gasteiger partial charge in [-0.25, -0.2) is 0 Å². The van der Waals surface area contributed by atoms with Crippen molar-refractivity contribution < 1.29 is 27.8 Å². The number of hydrogen-bond donors (Lipinski definition) is 1. The maximum absolute atomic E-state index is 13.0. The average molecular weight is 373 g/mol. The molecular weight excluding hydrogens is 347 g/mol. The molecule has 0 unspecified atom stereocenters. The summed E-state index contributed by atoms with van der Waals surface area (Å²) in [6, 6.07) is 7.77. The van der Waals surface area contributed by atoms with Crippen LogP contribution in [0.2, 0.25) is 0 Å². The van der Waals surface area contributed by atoms with Crippen LogP contribution < -0.4 is 4.74 Å². The van der Waals surface area contributed by atoms with Gasteiger partial charge in [0.25, 0.3) is 0 Å². The van der Waals surface area contributed by atoms with E-state index in [0.29, 0.717) is 19.6 Å². The second kappa shape index (κ2) is 7.86. The highest BCUT2D eigenvalue weighted by Crippen LogP contribution is 2.37. The molecule has 7 heteroatoms. The Bertz CT molecular complexity index is 625. The van der Waals surface area contributed by atoms with Crippen LogP contribution in [0.1, 0.15) is 32.8 Å². The summed E-state index contributed by atoms with van der Waals surface area (Å²) in [5, 5.41) is 9.03. The summed E-state index contributed by atoms with van der Waals surface area (Å²) < 4.78 is 44.6. The van der Waals surface area contributed by atoms with Crippen molar-refractivity contribution >= 4 is 5.97 Å². The molecule has 1 heterocycles. The lowest BCUT2D eigenvalue weighted by atomic mass is 9.87. The summed E-state index contributed by atoms with van der Waals surface area (Å²) in [6.07, 6.45) is -3.95. The minimum absolute atomic E-state index is 0.00731. The van der Waals surface area contributed by atoms with Gasteiger partial charge in [0.1, 0.15) is 5.75 Å². The van der Waals surface area contributed by atoms with E-state index in [4.69, 9.17) is 9.84 Å². The van der Waals surface area contributed by atoms with Gasteiger partial charge < -0.3 is 14.7 Å². The zero-order valence-electron chi connectivity index (χ0n) is 15.3. The third-order valence-corrected chi connectivity index (χ3v) is 4.72. The lowest BCUT2D eigenvalue weighted by molar-refractivity contribution is -0.188. The van der Waals surface area contributed by atoms with E-state index in [1.165, 1.54) is 0 Å². The second-order valence-electron chi connectivity index (χ2n) is 7.83. The average Bonchev–Trinajstić information content (AvgIpc) is 2.96. The third-order valence-electron chi connectivity index (χ3n) is 4.72. The largest absolute Gasteiger partial charge is 0.494 e. The molecule has 1 aromatic rings. The van der Waals surface area contributed by atoms with Crippen molar-refractivity contribution in [1.82, 2.24) is 4.90 Å². The Hall–Kier alpha value is -1.76. The zero-order valence-corrected chi connectivity index (χ0v) is 15.3. The smallest absolute Gasteiger partial charge is 0.393 e. The molecule has 26 heavy (non-hydrogen) atoms. The Balaban J connectivity index is 1.83. The lowest BCUT2D eigenvalue weighted by Crippen LogP contribution is -2.33. The van der Waals surface area contributed by atoms with E-state index in [1.807, 2.05) is 24.3 Å². The molecule has 0 aromatic heterocycles. The van der Waals surface area contributed by atoms with Gasteiger partial charge in [-0.05, 0) is 29.5 Å². The molecular formula is C19H26F3NO3. The highest BCUT2D eigenvalue weighted by Gasteiger charge is 2.52. The molecule has 1 aromatic carbocycles. The molecule has 0 aliphatic carbocycles. The standard InChI is InChI=1S/C19H26F3NO3/c1-18(2,3)13-6-4-7-14(10-13)26-9-5-8-23-11-15(17(24)25)16(12-23)19(20,21)22/h4,6-7,10,15-16H,5,8-9,11-12H2,1-3H3,(H,24,25)/t15-,16-/m1/s1. The maximum Gasteiger partial charge on any atom is 0.393 e. The number of aliphatic carboxylic acids is 1. The van der Waals surface area contributed by atoms with E-state index >= 15 is 0 Å². The van der Waals surface area contributed by atoms with Gasteiger partial charge in [-0.1, -0.05) is 32.9 Å². The van der Waals surface area contributed by atoms with Crippen LogP contribution in [0.15, 0.2) is 24.3 Å². The van der Waals surface area contributed by atoms with E-state index in [9.17, 15) is 18.0 Å². The van der Waals surface area contributed by atoms with Gasteiger partial charge in [-0.2, -0.15) is 13.2 Å².